The van der Waals surface area contributed by atoms with Crippen molar-refractivity contribution in [3.63, 3.8) is 0 Å². The molecule has 0 spiro atoms. The molecule has 0 aliphatic heterocycles. The second kappa shape index (κ2) is 10.3. The molecular weight excluding hydrogens is 481 g/mol. The quantitative estimate of drug-likeness (QED) is 0.264. The summed E-state index contributed by atoms with van der Waals surface area (Å²) in [5.41, 5.74) is 6.24. The highest BCUT2D eigenvalue weighted by molar-refractivity contribution is 5.94. The Morgan fingerprint density at radius 2 is 1.95 bits per heavy atom. The van der Waals surface area contributed by atoms with Crippen molar-refractivity contribution in [2.24, 2.45) is 5.92 Å². The molecule has 38 heavy (non-hydrogen) atoms. The number of hydrogen-bond donors (Lipinski definition) is 2. The molecule has 0 radical (unpaired) electrons. The summed E-state index contributed by atoms with van der Waals surface area (Å²) >= 11 is 0. The predicted molar refractivity (Wildman–Crippen MR) is 149 cm³/mol. The number of hydrogen-bond acceptors (Lipinski definition) is 5. The Labute approximate surface area is 223 Å². The number of aromatic amines is 1. The zero-order valence-electron chi connectivity index (χ0n) is 23.4. The zero-order chi connectivity index (χ0) is 27.2. The fourth-order valence-corrected chi connectivity index (χ4v) is 6.25. The Hall–Kier alpha value is -3.00. The van der Waals surface area contributed by atoms with Gasteiger partial charge >= 0.3 is 0 Å². The standard InChI is InChI=1S/C30H40FN5O2/c1-17(2)25-26-18(3)27(20-10-7-19(8-11-20)9-12-24(31)30(4,5)37)32-14-22(26)35-28(25)21-13-23(38-6)29-33-16-34-36(29)15-21/h13-17,19-20,24,35,37H,7-12H2,1-6H3/t19?,20?,24-/m1/s1. The van der Waals surface area contributed by atoms with Gasteiger partial charge in [-0.1, -0.05) is 13.8 Å². The first-order chi connectivity index (χ1) is 18.1. The van der Waals surface area contributed by atoms with E-state index in [2.05, 4.69) is 35.8 Å². The lowest BCUT2D eigenvalue weighted by Crippen LogP contribution is -2.33. The number of pyridine rings is 2. The number of aromatic nitrogens is 5. The summed E-state index contributed by atoms with van der Waals surface area (Å²) in [5.74, 6) is 1.91. The first kappa shape index (κ1) is 26.6. The number of aryl methyl sites for hydroxylation is 1. The van der Waals surface area contributed by atoms with Crippen molar-refractivity contribution in [1.29, 1.82) is 0 Å². The van der Waals surface area contributed by atoms with Crippen LogP contribution in [0.5, 0.6) is 5.75 Å². The number of alkyl halides is 1. The Kier molecular flexibility index (Phi) is 7.20. The number of aliphatic hydroxyl groups is 1. The Morgan fingerprint density at radius 1 is 1.21 bits per heavy atom. The number of halogens is 1. The highest BCUT2D eigenvalue weighted by Crippen LogP contribution is 2.43. The maximum atomic E-state index is 14.3. The predicted octanol–water partition coefficient (Wildman–Crippen LogP) is 6.88. The highest BCUT2D eigenvalue weighted by atomic mass is 19.1. The van der Waals surface area contributed by atoms with E-state index >= 15 is 0 Å². The van der Waals surface area contributed by atoms with Gasteiger partial charge in [-0.05, 0) is 88.3 Å². The smallest absolute Gasteiger partial charge is 0.197 e. The molecule has 1 atom stereocenters. The number of ether oxygens (including phenoxy) is 1. The van der Waals surface area contributed by atoms with Gasteiger partial charge in [0.2, 0.25) is 0 Å². The fourth-order valence-electron chi connectivity index (χ4n) is 6.25. The summed E-state index contributed by atoms with van der Waals surface area (Å²) in [6, 6.07) is 2.02. The normalized spacial score (nSPS) is 19.5. The Bertz CT molecular complexity index is 1430. The van der Waals surface area contributed by atoms with Crippen LogP contribution in [0.15, 0.2) is 24.8 Å². The van der Waals surface area contributed by atoms with Gasteiger partial charge in [-0.2, -0.15) is 5.10 Å². The van der Waals surface area contributed by atoms with Gasteiger partial charge in [0.1, 0.15) is 12.5 Å². The molecule has 4 aromatic rings. The number of methoxy groups -OCH3 is 1. The molecule has 1 fully saturated rings. The number of nitrogens with zero attached hydrogens (tertiary/aromatic N) is 4. The summed E-state index contributed by atoms with van der Waals surface area (Å²) in [7, 11) is 1.65. The molecule has 5 rings (SSSR count). The summed E-state index contributed by atoms with van der Waals surface area (Å²) in [5, 5.41) is 15.5. The average molecular weight is 522 g/mol. The monoisotopic (exact) mass is 521 g/mol. The molecule has 4 aromatic heterocycles. The van der Waals surface area contributed by atoms with Crippen LogP contribution in [0.4, 0.5) is 4.39 Å². The van der Waals surface area contributed by atoms with Crippen molar-refractivity contribution in [3.8, 4) is 17.0 Å². The second-order valence-electron chi connectivity index (χ2n) is 11.9. The van der Waals surface area contributed by atoms with Crippen LogP contribution in [0.2, 0.25) is 0 Å². The van der Waals surface area contributed by atoms with Gasteiger partial charge in [0.15, 0.2) is 11.4 Å². The molecule has 0 aromatic carbocycles. The van der Waals surface area contributed by atoms with Gasteiger partial charge in [0.25, 0.3) is 0 Å². The van der Waals surface area contributed by atoms with Gasteiger partial charge in [-0.3, -0.25) is 4.98 Å². The van der Waals surface area contributed by atoms with E-state index < -0.39 is 11.8 Å². The minimum Gasteiger partial charge on any atom is -0.493 e. The first-order valence-electron chi connectivity index (χ1n) is 13.8. The van der Waals surface area contributed by atoms with E-state index in [-0.39, 0.29) is 0 Å². The van der Waals surface area contributed by atoms with Crippen LogP contribution < -0.4 is 4.74 Å². The molecule has 204 valence electrons. The van der Waals surface area contributed by atoms with E-state index in [1.165, 1.54) is 28.5 Å². The number of fused-ring (bicyclic) bond motifs is 2. The van der Waals surface area contributed by atoms with Crippen LogP contribution in [-0.4, -0.2) is 48.6 Å². The Balaban J connectivity index is 1.43. The lowest BCUT2D eigenvalue weighted by Gasteiger charge is -2.30. The average Bonchev–Trinajstić information content (AvgIpc) is 3.52. The van der Waals surface area contributed by atoms with E-state index in [4.69, 9.17) is 9.72 Å². The van der Waals surface area contributed by atoms with Crippen molar-refractivity contribution in [2.45, 2.75) is 96.8 Å². The highest BCUT2D eigenvalue weighted by Gasteiger charge is 2.30. The van der Waals surface area contributed by atoms with Gasteiger partial charge in [-0.15, -0.1) is 0 Å². The molecule has 8 heteroatoms. The first-order valence-corrected chi connectivity index (χ1v) is 13.8. The number of nitrogens with one attached hydrogen (secondary N) is 1. The molecule has 1 aliphatic rings. The van der Waals surface area contributed by atoms with Crippen molar-refractivity contribution in [3.05, 3.63) is 41.6 Å². The third-order valence-electron chi connectivity index (χ3n) is 8.42. The zero-order valence-corrected chi connectivity index (χ0v) is 23.4. The SMILES string of the molecule is COc1cc(-c2[nH]c3cnc(C4CCC(CC[C@@H](F)C(C)(C)O)CC4)c(C)c3c2C(C)C)cn2ncnc12. The second-order valence-corrected chi connectivity index (χ2v) is 11.9. The fraction of sp³-hybridized carbons (Fsp3) is 0.567. The Morgan fingerprint density at radius 3 is 2.61 bits per heavy atom. The minimum absolute atomic E-state index is 0.297. The van der Waals surface area contributed by atoms with Crippen LogP contribution in [0, 0.1) is 12.8 Å². The van der Waals surface area contributed by atoms with Crippen LogP contribution in [-0.2, 0) is 0 Å². The maximum Gasteiger partial charge on any atom is 0.197 e. The molecule has 1 saturated carbocycles. The molecular formula is C30H40FN5O2. The summed E-state index contributed by atoms with van der Waals surface area (Å²) in [6.45, 7) is 9.78. The third kappa shape index (κ3) is 4.91. The summed E-state index contributed by atoms with van der Waals surface area (Å²) < 4.78 is 21.6. The minimum atomic E-state index is -1.26. The summed E-state index contributed by atoms with van der Waals surface area (Å²) in [4.78, 5) is 12.9. The molecule has 0 amide bonds. The van der Waals surface area contributed by atoms with Crippen molar-refractivity contribution in [2.75, 3.05) is 7.11 Å². The molecule has 4 heterocycles. The van der Waals surface area contributed by atoms with Crippen LogP contribution in [0.3, 0.4) is 0 Å². The largest absolute Gasteiger partial charge is 0.493 e. The number of H-pyrrole nitrogens is 1. The van der Waals surface area contributed by atoms with Crippen molar-refractivity contribution < 1.29 is 14.2 Å². The van der Waals surface area contributed by atoms with Gasteiger partial charge in [0, 0.05) is 28.8 Å². The van der Waals surface area contributed by atoms with Gasteiger partial charge in [-0.25, -0.2) is 13.9 Å². The van der Waals surface area contributed by atoms with Crippen LogP contribution in [0.1, 0.15) is 94.9 Å². The van der Waals surface area contributed by atoms with E-state index in [1.54, 1.807) is 25.5 Å². The number of rotatable bonds is 8. The van der Waals surface area contributed by atoms with Crippen LogP contribution in [0.25, 0.3) is 27.8 Å². The maximum absolute atomic E-state index is 14.3. The lowest BCUT2D eigenvalue weighted by atomic mass is 9.77. The van der Waals surface area contributed by atoms with Crippen LogP contribution >= 0.6 is 0 Å². The van der Waals surface area contributed by atoms with E-state index in [9.17, 15) is 9.50 Å². The van der Waals surface area contributed by atoms with Gasteiger partial charge < -0.3 is 14.8 Å². The lowest BCUT2D eigenvalue weighted by molar-refractivity contribution is -0.00978. The summed E-state index contributed by atoms with van der Waals surface area (Å²) in [6.07, 6.45) is 9.90. The molecule has 1 aliphatic carbocycles. The van der Waals surface area contributed by atoms with E-state index in [0.29, 0.717) is 35.6 Å². The topological polar surface area (TPSA) is 88.3 Å². The molecule has 7 nitrogen and oxygen atoms in total. The molecule has 0 saturated heterocycles. The molecule has 0 unspecified atom stereocenters. The molecule has 0 bridgehead atoms. The van der Waals surface area contributed by atoms with E-state index in [0.717, 1.165) is 48.9 Å². The van der Waals surface area contributed by atoms with Crippen molar-refractivity contribution >= 4 is 16.6 Å². The third-order valence-corrected chi connectivity index (χ3v) is 8.42. The van der Waals surface area contributed by atoms with Crippen molar-refractivity contribution in [1.82, 2.24) is 24.6 Å². The van der Waals surface area contributed by atoms with E-state index in [1.807, 2.05) is 18.5 Å². The van der Waals surface area contributed by atoms with Gasteiger partial charge in [0.05, 0.1) is 30.1 Å². The molecule has 2 N–H and O–H groups in total.